The van der Waals surface area contributed by atoms with Crippen LogP contribution in [0.3, 0.4) is 0 Å². The van der Waals surface area contributed by atoms with Gasteiger partial charge in [0.2, 0.25) is 0 Å². The molecule has 0 aromatic rings. The van der Waals surface area contributed by atoms with Gasteiger partial charge in [-0.1, -0.05) is 20.3 Å². The van der Waals surface area contributed by atoms with Gasteiger partial charge in [-0.2, -0.15) is 5.26 Å². The van der Waals surface area contributed by atoms with E-state index in [0.717, 1.165) is 18.9 Å². The molecule has 0 aromatic heterocycles. The fraction of sp³-hybridized carbons (Fsp3) is 0.600. The summed E-state index contributed by atoms with van der Waals surface area (Å²) in [5, 5.41) is 17.0. The van der Waals surface area contributed by atoms with Gasteiger partial charge in [-0.15, -0.1) is 0 Å². The highest BCUT2D eigenvalue weighted by Gasteiger charge is 2.06. The van der Waals surface area contributed by atoms with Crippen LogP contribution in [0, 0.1) is 17.2 Å². The predicted molar refractivity (Wildman–Crippen MR) is 50.0 cm³/mol. The molecule has 0 aromatic carbocycles. The Morgan fingerprint density at radius 3 is 2.62 bits per heavy atom. The van der Waals surface area contributed by atoms with Crippen LogP contribution in [-0.2, 0) is 4.79 Å². The number of carboxylic acids is 1. The number of hydrogen-bond acceptors (Lipinski definition) is 2. The molecule has 1 N–H and O–H groups in total. The fourth-order valence-corrected chi connectivity index (χ4v) is 1.02. The van der Waals surface area contributed by atoms with E-state index >= 15 is 0 Å². The van der Waals surface area contributed by atoms with Crippen LogP contribution in [0.15, 0.2) is 11.6 Å². The number of nitriles is 1. The molecule has 0 fully saturated rings. The summed E-state index contributed by atoms with van der Waals surface area (Å²) < 4.78 is 0. The van der Waals surface area contributed by atoms with Crippen LogP contribution >= 0.6 is 0 Å². The van der Waals surface area contributed by atoms with Gasteiger partial charge in [0.15, 0.2) is 0 Å². The molecular weight excluding hydrogens is 166 g/mol. The molecule has 0 saturated heterocycles. The van der Waals surface area contributed by atoms with Crippen molar-refractivity contribution < 1.29 is 9.90 Å². The molecule has 3 heteroatoms. The zero-order chi connectivity index (χ0) is 10.3. The zero-order valence-electron chi connectivity index (χ0n) is 8.08. The van der Waals surface area contributed by atoms with E-state index in [1.165, 1.54) is 0 Å². The number of nitrogens with zero attached hydrogens (tertiary/aromatic N) is 1. The second-order valence-electron chi connectivity index (χ2n) is 3.39. The first-order chi connectivity index (χ1) is 6.07. The summed E-state index contributed by atoms with van der Waals surface area (Å²) in [5.41, 5.74) is 0.211. The molecule has 0 saturated carbocycles. The minimum Gasteiger partial charge on any atom is -0.478 e. The Bertz CT molecular complexity index is 236. The third-order valence-corrected chi connectivity index (χ3v) is 1.74. The molecule has 13 heavy (non-hydrogen) atoms. The van der Waals surface area contributed by atoms with Gasteiger partial charge in [-0.25, -0.2) is 4.79 Å². The van der Waals surface area contributed by atoms with Crippen molar-refractivity contribution in [2.24, 2.45) is 5.92 Å². The highest BCUT2D eigenvalue weighted by Crippen LogP contribution is 2.11. The topological polar surface area (TPSA) is 61.1 Å². The zero-order valence-corrected chi connectivity index (χ0v) is 8.08. The monoisotopic (exact) mass is 181 g/mol. The highest BCUT2D eigenvalue weighted by molar-refractivity contribution is 5.87. The van der Waals surface area contributed by atoms with Gasteiger partial charge >= 0.3 is 5.97 Å². The first-order valence-corrected chi connectivity index (χ1v) is 4.40. The number of aliphatic carboxylic acids is 1. The van der Waals surface area contributed by atoms with Crippen molar-refractivity contribution in [3.8, 4) is 6.07 Å². The first-order valence-electron chi connectivity index (χ1n) is 4.40. The molecule has 0 aliphatic carbocycles. The second kappa shape index (κ2) is 6.24. The maximum absolute atomic E-state index is 10.5. The average Bonchev–Trinajstić information content (AvgIpc) is 2.02. The molecule has 72 valence electrons. The van der Waals surface area contributed by atoms with E-state index < -0.39 is 5.97 Å². The Morgan fingerprint density at radius 1 is 1.62 bits per heavy atom. The summed E-state index contributed by atoms with van der Waals surface area (Å²) >= 11 is 0. The van der Waals surface area contributed by atoms with Crippen molar-refractivity contribution in [3.05, 3.63) is 11.6 Å². The van der Waals surface area contributed by atoms with Gasteiger partial charge in [0, 0.05) is 11.6 Å². The standard InChI is InChI=1S/C10H15NO2/c1-8(2)4-3-5-9(6-7-11)10(12)13/h6,8H,3-5H2,1-2H3,(H,12,13). The summed E-state index contributed by atoms with van der Waals surface area (Å²) in [6, 6.07) is 1.74. The summed E-state index contributed by atoms with van der Waals surface area (Å²) in [5.74, 6) is -0.401. The van der Waals surface area contributed by atoms with Gasteiger partial charge in [0.25, 0.3) is 0 Å². The first kappa shape index (κ1) is 11.7. The van der Waals surface area contributed by atoms with Crippen molar-refractivity contribution in [1.82, 2.24) is 0 Å². The number of hydrogen-bond donors (Lipinski definition) is 1. The number of rotatable bonds is 5. The van der Waals surface area contributed by atoms with Crippen molar-refractivity contribution in [2.75, 3.05) is 0 Å². The van der Waals surface area contributed by atoms with Gasteiger partial charge in [-0.05, 0) is 18.8 Å². The lowest BCUT2D eigenvalue weighted by atomic mass is 10.0. The molecule has 0 heterocycles. The summed E-state index contributed by atoms with van der Waals surface area (Å²) in [6.45, 7) is 4.18. The number of carbonyl (C=O) groups is 1. The Kier molecular flexibility index (Phi) is 5.62. The van der Waals surface area contributed by atoms with Crippen LogP contribution < -0.4 is 0 Å². The third-order valence-electron chi connectivity index (χ3n) is 1.74. The van der Waals surface area contributed by atoms with Crippen LogP contribution in [0.4, 0.5) is 0 Å². The Morgan fingerprint density at radius 2 is 2.23 bits per heavy atom. The van der Waals surface area contributed by atoms with Crippen LogP contribution in [-0.4, -0.2) is 11.1 Å². The average molecular weight is 181 g/mol. The van der Waals surface area contributed by atoms with Gasteiger partial charge in [0.1, 0.15) is 0 Å². The molecule has 0 unspecified atom stereocenters. The van der Waals surface area contributed by atoms with Crippen molar-refractivity contribution >= 4 is 5.97 Å². The summed E-state index contributed by atoms with van der Waals surface area (Å²) in [4.78, 5) is 10.5. The number of allylic oxidation sites excluding steroid dienone is 1. The van der Waals surface area contributed by atoms with Gasteiger partial charge in [0.05, 0.1) is 6.07 Å². The van der Waals surface area contributed by atoms with E-state index in [9.17, 15) is 4.79 Å². The van der Waals surface area contributed by atoms with Gasteiger partial charge < -0.3 is 5.11 Å². The summed E-state index contributed by atoms with van der Waals surface area (Å²) in [6.07, 6.45) is 3.43. The molecular formula is C10H15NO2. The maximum Gasteiger partial charge on any atom is 0.332 e. The minimum atomic E-state index is -0.981. The van der Waals surface area contributed by atoms with E-state index in [-0.39, 0.29) is 5.57 Å². The van der Waals surface area contributed by atoms with Crippen LogP contribution in [0.25, 0.3) is 0 Å². The van der Waals surface area contributed by atoms with E-state index in [1.807, 2.05) is 0 Å². The van der Waals surface area contributed by atoms with Gasteiger partial charge in [-0.3, -0.25) is 0 Å². The lowest BCUT2D eigenvalue weighted by Gasteiger charge is -2.03. The van der Waals surface area contributed by atoms with E-state index in [0.29, 0.717) is 12.3 Å². The minimum absolute atomic E-state index is 0.211. The lowest BCUT2D eigenvalue weighted by Crippen LogP contribution is -2.01. The van der Waals surface area contributed by atoms with Crippen LogP contribution in [0.2, 0.25) is 0 Å². The van der Waals surface area contributed by atoms with Crippen LogP contribution in [0.1, 0.15) is 33.1 Å². The van der Waals surface area contributed by atoms with E-state index in [2.05, 4.69) is 13.8 Å². The third kappa shape index (κ3) is 5.92. The second-order valence-corrected chi connectivity index (χ2v) is 3.39. The molecule has 0 aliphatic rings. The molecule has 0 atom stereocenters. The van der Waals surface area contributed by atoms with E-state index in [1.54, 1.807) is 6.07 Å². The molecule has 0 rings (SSSR count). The highest BCUT2D eigenvalue weighted by atomic mass is 16.4. The van der Waals surface area contributed by atoms with Crippen molar-refractivity contribution in [1.29, 1.82) is 5.26 Å². The normalized spacial score (nSPS) is 11.4. The Balaban J connectivity index is 3.94. The SMILES string of the molecule is CC(C)CCCC(=CC#N)C(=O)O. The molecule has 0 radical (unpaired) electrons. The van der Waals surface area contributed by atoms with Crippen molar-refractivity contribution in [3.63, 3.8) is 0 Å². The molecule has 0 bridgehead atoms. The molecule has 3 nitrogen and oxygen atoms in total. The molecule has 0 aliphatic heterocycles. The quantitative estimate of drug-likeness (QED) is 0.523. The largest absolute Gasteiger partial charge is 0.478 e. The number of carboxylic acid groups (broad SMARTS) is 1. The van der Waals surface area contributed by atoms with E-state index in [4.69, 9.17) is 10.4 Å². The smallest absolute Gasteiger partial charge is 0.332 e. The van der Waals surface area contributed by atoms with Crippen LogP contribution in [0.5, 0.6) is 0 Å². The lowest BCUT2D eigenvalue weighted by molar-refractivity contribution is -0.132. The summed E-state index contributed by atoms with van der Waals surface area (Å²) in [7, 11) is 0. The Labute approximate surface area is 78.7 Å². The Hall–Kier alpha value is -1.30. The molecule has 0 spiro atoms. The van der Waals surface area contributed by atoms with Crippen molar-refractivity contribution in [2.45, 2.75) is 33.1 Å². The maximum atomic E-state index is 10.5. The predicted octanol–water partition coefficient (Wildman–Crippen LogP) is 2.35. The molecule has 0 amide bonds. The fourth-order valence-electron chi connectivity index (χ4n) is 1.02.